The second kappa shape index (κ2) is 8.71. The van der Waals surface area contributed by atoms with Crippen LogP contribution in [0.3, 0.4) is 0 Å². The van der Waals surface area contributed by atoms with Gasteiger partial charge in [-0.15, -0.1) is 0 Å². The summed E-state index contributed by atoms with van der Waals surface area (Å²) in [5, 5.41) is 9.71. The molecule has 5 aliphatic rings. The molecule has 9 atom stereocenters. The van der Waals surface area contributed by atoms with Gasteiger partial charge >= 0.3 is 17.9 Å². The van der Waals surface area contributed by atoms with E-state index in [-0.39, 0.29) is 29.9 Å². The average Bonchev–Trinajstić information content (AvgIpc) is 3.53. The van der Waals surface area contributed by atoms with Crippen LogP contribution >= 0.6 is 0 Å². The van der Waals surface area contributed by atoms with E-state index in [9.17, 15) is 24.3 Å². The van der Waals surface area contributed by atoms with E-state index in [1.807, 2.05) is 34.6 Å². The number of cyclic esters (lactones) is 2. The predicted molar refractivity (Wildman–Crippen MR) is 147 cm³/mol. The van der Waals surface area contributed by atoms with E-state index in [1.165, 1.54) is 30.5 Å². The van der Waals surface area contributed by atoms with Crippen LogP contribution in [0, 0.1) is 28.1 Å². The molecule has 10 heteroatoms. The molecule has 1 N–H and O–H groups in total. The number of epoxide rings is 1. The van der Waals surface area contributed by atoms with E-state index in [1.54, 1.807) is 12.3 Å². The molecule has 2 saturated carbocycles. The Morgan fingerprint density at radius 3 is 2.35 bits per heavy atom. The van der Waals surface area contributed by atoms with Crippen LogP contribution in [0.4, 0.5) is 0 Å². The number of furan rings is 1. The first kappa shape index (κ1) is 28.1. The fourth-order valence-corrected chi connectivity index (χ4v) is 9.84. The third-order valence-corrected chi connectivity index (χ3v) is 11.8. The Bertz CT molecular complexity index is 1530. The second-order valence-corrected chi connectivity index (χ2v) is 14.1. The Morgan fingerprint density at radius 1 is 0.953 bits per heavy atom. The topological polar surface area (TPSA) is 142 Å². The monoisotopic (exact) mass is 592 g/mol. The molecule has 228 valence electrons. The highest BCUT2D eigenvalue weighted by atomic mass is 16.7. The molecule has 3 saturated heterocycles. The first-order chi connectivity index (χ1) is 20.2. The zero-order valence-corrected chi connectivity index (χ0v) is 24.9. The lowest BCUT2D eigenvalue weighted by Gasteiger charge is -2.66. The number of carbonyl (C=O) groups is 4. The molecule has 4 heterocycles. The lowest BCUT2D eigenvalue weighted by Crippen LogP contribution is -2.72. The van der Waals surface area contributed by atoms with Crippen LogP contribution < -0.4 is 0 Å². The second-order valence-electron chi connectivity index (χ2n) is 14.1. The zero-order chi connectivity index (χ0) is 30.7. The molecule has 43 heavy (non-hydrogen) atoms. The molecule has 3 aliphatic heterocycles. The van der Waals surface area contributed by atoms with Crippen molar-refractivity contribution in [2.45, 2.75) is 89.8 Å². The lowest BCUT2D eigenvalue weighted by atomic mass is 9.37. The van der Waals surface area contributed by atoms with Crippen molar-refractivity contribution in [2.24, 2.45) is 28.1 Å². The molecule has 7 rings (SSSR count). The third kappa shape index (κ3) is 3.44. The van der Waals surface area contributed by atoms with Crippen molar-refractivity contribution in [2.75, 3.05) is 0 Å². The van der Waals surface area contributed by atoms with Gasteiger partial charge in [0.25, 0.3) is 0 Å². The highest BCUT2D eigenvalue weighted by Crippen LogP contribution is 2.78. The van der Waals surface area contributed by atoms with Gasteiger partial charge in [0.1, 0.15) is 34.9 Å². The zero-order valence-electron chi connectivity index (χ0n) is 24.9. The molecular formula is C33H36O10. The molecule has 9 unspecified atom stereocenters. The van der Waals surface area contributed by atoms with Crippen LogP contribution in [0.2, 0.25) is 0 Å². The van der Waals surface area contributed by atoms with E-state index in [0.29, 0.717) is 18.4 Å². The van der Waals surface area contributed by atoms with Gasteiger partial charge in [0.05, 0.1) is 29.9 Å². The molecule has 1 aromatic carbocycles. The number of carbonyl (C=O) groups excluding carboxylic acids is 4. The van der Waals surface area contributed by atoms with Gasteiger partial charge in [-0.1, -0.05) is 13.8 Å². The fourth-order valence-electron chi connectivity index (χ4n) is 9.84. The molecule has 10 nitrogen and oxygen atoms in total. The van der Waals surface area contributed by atoms with Crippen molar-refractivity contribution in [3.05, 3.63) is 54.0 Å². The number of esters is 3. The van der Waals surface area contributed by atoms with Crippen LogP contribution in [0.5, 0.6) is 5.75 Å². The van der Waals surface area contributed by atoms with Crippen LogP contribution in [0.1, 0.15) is 82.3 Å². The predicted octanol–water partition coefficient (Wildman–Crippen LogP) is 4.69. The SMILES string of the molecule is CC1(C)OC(=O)CC(OC(=O)c2ccc(O)cc2)C2(C)C1CC(=O)C1(C)C2CCC2(C)C(c3ccoc3)OC(=O)C3OC321. The smallest absolute Gasteiger partial charge is 0.339 e. The minimum absolute atomic E-state index is 0.00756. The van der Waals surface area contributed by atoms with E-state index in [2.05, 4.69) is 0 Å². The van der Waals surface area contributed by atoms with Gasteiger partial charge in [-0.05, 0) is 69.9 Å². The fraction of sp³-hybridized carbons (Fsp3) is 0.576. The summed E-state index contributed by atoms with van der Waals surface area (Å²) in [4.78, 5) is 54.7. The molecule has 2 aliphatic carbocycles. The number of phenolic OH excluding ortho intramolecular Hbond substituents is 1. The molecule has 0 bridgehead atoms. The molecule has 1 aromatic heterocycles. The summed E-state index contributed by atoms with van der Waals surface area (Å²) < 4.78 is 29.9. The number of phenols is 1. The quantitative estimate of drug-likeness (QED) is 0.303. The summed E-state index contributed by atoms with van der Waals surface area (Å²) in [6, 6.07) is 7.48. The Morgan fingerprint density at radius 2 is 1.67 bits per heavy atom. The van der Waals surface area contributed by atoms with E-state index in [4.69, 9.17) is 23.4 Å². The van der Waals surface area contributed by atoms with Crippen LogP contribution in [0.15, 0.2) is 47.3 Å². The molecular weight excluding hydrogens is 556 g/mol. The first-order valence-corrected chi connectivity index (χ1v) is 14.9. The van der Waals surface area contributed by atoms with Crippen molar-refractivity contribution in [3.8, 4) is 5.75 Å². The Labute approximate surface area is 249 Å². The Kier molecular flexibility index (Phi) is 5.70. The maximum absolute atomic E-state index is 14.6. The molecule has 5 fully saturated rings. The number of hydrogen-bond acceptors (Lipinski definition) is 10. The molecule has 2 aromatic rings. The highest BCUT2D eigenvalue weighted by molar-refractivity contribution is 5.93. The van der Waals surface area contributed by atoms with Crippen LogP contribution in [0.25, 0.3) is 0 Å². The van der Waals surface area contributed by atoms with Gasteiger partial charge in [0, 0.05) is 28.7 Å². The van der Waals surface area contributed by atoms with Gasteiger partial charge in [-0.25, -0.2) is 9.59 Å². The van der Waals surface area contributed by atoms with Crippen molar-refractivity contribution in [1.29, 1.82) is 0 Å². The van der Waals surface area contributed by atoms with Crippen molar-refractivity contribution < 1.29 is 47.6 Å². The average molecular weight is 593 g/mol. The van der Waals surface area contributed by atoms with Gasteiger partial charge in [0.2, 0.25) is 0 Å². The van der Waals surface area contributed by atoms with Crippen LogP contribution in [-0.2, 0) is 33.3 Å². The number of aromatic hydroxyl groups is 1. The van der Waals surface area contributed by atoms with Gasteiger partial charge in [0.15, 0.2) is 6.10 Å². The van der Waals surface area contributed by atoms with Crippen LogP contribution in [-0.4, -0.2) is 52.2 Å². The highest BCUT2D eigenvalue weighted by Gasteiger charge is 2.88. The lowest BCUT2D eigenvalue weighted by molar-refractivity contribution is -0.231. The van der Waals surface area contributed by atoms with Gasteiger partial charge in [-0.2, -0.15) is 0 Å². The number of benzene rings is 1. The minimum Gasteiger partial charge on any atom is -0.508 e. The Balaban J connectivity index is 1.36. The van der Waals surface area contributed by atoms with Gasteiger partial charge in [-0.3, -0.25) is 9.59 Å². The summed E-state index contributed by atoms with van der Waals surface area (Å²) >= 11 is 0. The normalized spacial score (nSPS) is 42.6. The summed E-state index contributed by atoms with van der Waals surface area (Å²) in [5.74, 6) is -2.63. The Hall–Kier alpha value is -3.66. The van der Waals surface area contributed by atoms with E-state index < -0.39 is 75.5 Å². The molecule has 1 spiro atoms. The largest absolute Gasteiger partial charge is 0.508 e. The van der Waals surface area contributed by atoms with Crippen molar-refractivity contribution in [1.82, 2.24) is 0 Å². The number of hydrogen-bond donors (Lipinski definition) is 1. The summed E-state index contributed by atoms with van der Waals surface area (Å²) in [5.41, 5.74) is -4.08. The number of ether oxygens (including phenoxy) is 4. The molecule has 0 amide bonds. The van der Waals surface area contributed by atoms with E-state index >= 15 is 0 Å². The number of Topliss-reactive ketones (excluding diaryl/α,β-unsaturated/α-hetero) is 1. The third-order valence-electron chi connectivity index (χ3n) is 11.8. The summed E-state index contributed by atoms with van der Waals surface area (Å²) in [6.07, 6.45) is 1.53. The summed E-state index contributed by atoms with van der Waals surface area (Å²) in [6.45, 7) is 9.53. The van der Waals surface area contributed by atoms with Gasteiger partial charge < -0.3 is 28.5 Å². The number of ketones is 1. The number of rotatable bonds is 3. The summed E-state index contributed by atoms with van der Waals surface area (Å²) in [7, 11) is 0. The molecule has 0 radical (unpaired) electrons. The first-order valence-electron chi connectivity index (χ1n) is 14.9. The van der Waals surface area contributed by atoms with Crippen molar-refractivity contribution >= 4 is 23.7 Å². The van der Waals surface area contributed by atoms with Crippen molar-refractivity contribution in [3.63, 3.8) is 0 Å². The maximum atomic E-state index is 14.6. The standard InChI is InChI=1S/C33H36O10/c1-29(2)21-14-22(35)32(5)20(10-12-30(3)25(18-11-13-39-16-18)41-28(38)26-33(30,32)43-26)31(21,4)23(15-24(36)42-29)40-27(37)17-6-8-19(34)9-7-17/h6-9,11,13,16,20-21,23,25-26,34H,10,12,14-15H2,1-5H3. The maximum Gasteiger partial charge on any atom is 0.339 e. The van der Waals surface area contributed by atoms with E-state index in [0.717, 1.165) is 0 Å². The minimum atomic E-state index is -1.16. The number of fused-ring (bicyclic) bond motifs is 3.